The van der Waals surface area contributed by atoms with Gasteiger partial charge in [0.15, 0.2) is 5.82 Å². The molecule has 1 aromatic carbocycles. The molecule has 0 fully saturated rings. The van der Waals surface area contributed by atoms with Crippen LogP contribution >= 0.6 is 11.6 Å². The van der Waals surface area contributed by atoms with Crippen LogP contribution in [0.15, 0.2) is 24.4 Å². The number of anilines is 1. The average Bonchev–Trinajstić information content (AvgIpc) is 2.41. The van der Waals surface area contributed by atoms with Gasteiger partial charge in [0.1, 0.15) is 5.69 Å². The van der Waals surface area contributed by atoms with E-state index >= 15 is 0 Å². The van der Waals surface area contributed by atoms with Crippen molar-refractivity contribution in [2.24, 2.45) is 0 Å². The van der Waals surface area contributed by atoms with Crippen molar-refractivity contribution in [1.82, 2.24) is 9.97 Å². The van der Waals surface area contributed by atoms with Gasteiger partial charge in [-0.05, 0) is 31.5 Å². The van der Waals surface area contributed by atoms with E-state index in [-0.39, 0.29) is 17.0 Å². The van der Waals surface area contributed by atoms with Gasteiger partial charge in [-0.1, -0.05) is 12.1 Å². The lowest BCUT2D eigenvalue weighted by atomic mass is 10.1. The Bertz CT molecular complexity index is 643. The largest absolute Gasteiger partial charge is 0.382 e. The number of rotatable bonds is 4. The first-order valence-corrected chi connectivity index (χ1v) is 6.48. The van der Waals surface area contributed by atoms with Crippen LogP contribution in [-0.2, 0) is 0 Å². The Balaban J connectivity index is 2.52. The number of hydrogen-bond acceptors (Lipinski definition) is 4. The van der Waals surface area contributed by atoms with Crippen LogP contribution in [0.4, 0.5) is 10.1 Å². The number of nitrogens with one attached hydrogen (secondary N) is 2. The van der Waals surface area contributed by atoms with E-state index in [0.29, 0.717) is 5.56 Å². The van der Waals surface area contributed by atoms with Crippen molar-refractivity contribution in [2.45, 2.75) is 19.9 Å². The van der Waals surface area contributed by atoms with Crippen molar-refractivity contribution in [3.63, 3.8) is 0 Å². The molecule has 104 valence electrons. The van der Waals surface area contributed by atoms with Gasteiger partial charge in [0.2, 0.25) is 5.28 Å². The first kappa shape index (κ1) is 14.4. The van der Waals surface area contributed by atoms with Crippen LogP contribution in [-0.4, -0.2) is 22.2 Å². The van der Waals surface area contributed by atoms with Gasteiger partial charge in [-0.15, -0.1) is 0 Å². The van der Waals surface area contributed by atoms with E-state index < -0.39 is 5.82 Å². The van der Waals surface area contributed by atoms with Crippen LogP contribution in [0.25, 0.3) is 11.3 Å². The van der Waals surface area contributed by atoms with Crippen molar-refractivity contribution in [3.8, 4) is 11.3 Å². The zero-order chi connectivity index (χ0) is 14.7. The van der Waals surface area contributed by atoms with Crippen LogP contribution in [0.2, 0.25) is 5.28 Å². The highest BCUT2D eigenvalue weighted by atomic mass is 35.5. The Kier molecular flexibility index (Phi) is 4.29. The molecule has 2 aromatic rings. The molecule has 0 aliphatic heterocycles. The minimum absolute atomic E-state index is 0.00380. The molecular weight excluding hydrogens is 279 g/mol. The van der Waals surface area contributed by atoms with Gasteiger partial charge in [0.05, 0.1) is 6.20 Å². The monoisotopic (exact) mass is 292 g/mol. The molecule has 0 spiro atoms. The average molecular weight is 293 g/mol. The van der Waals surface area contributed by atoms with Crippen LogP contribution < -0.4 is 5.32 Å². The van der Waals surface area contributed by atoms with Crippen molar-refractivity contribution in [1.29, 1.82) is 5.41 Å². The quantitative estimate of drug-likeness (QED) is 0.666. The summed E-state index contributed by atoms with van der Waals surface area (Å²) in [4.78, 5) is 7.51. The third-order valence-electron chi connectivity index (χ3n) is 2.64. The summed E-state index contributed by atoms with van der Waals surface area (Å²) in [5, 5.41) is 10.6. The summed E-state index contributed by atoms with van der Waals surface area (Å²) < 4.78 is 13.8. The first-order valence-electron chi connectivity index (χ1n) is 6.10. The van der Waals surface area contributed by atoms with E-state index in [9.17, 15) is 4.39 Å². The molecule has 0 unspecified atom stereocenters. The summed E-state index contributed by atoms with van der Waals surface area (Å²) in [5.41, 5.74) is 2.21. The molecule has 20 heavy (non-hydrogen) atoms. The summed E-state index contributed by atoms with van der Waals surface area (Å²) in [6.07, 6.45) is 2.29. The molecule has 0 radical (unpaired) electrons. The number of nitrogens with zero attached hydrogens (tertiary/aromatic N) is 2. The summed E-state index contributed by atoms with van der Waals surface area (Å²) in [5.74, 6) is -0.535. The number of halogens is 2. The Labute approximate surface area is 121 Å². The predicted molar refractivity (Wildman–Crippen MR) is 79.1 cm³/mol. The number of benzene rings is 1. The standard InChI is InChI=1S/C14H14ClFN4/c1-8(2)19-12-5-9(3-4-10(12)6-17)13-11(16)7-18-14(15)20-13/h3-8,17,19H,1-2H3. The topological polar surface area (TPSA) is 61.7 Å². The second-order valence-corrected chi connectivity index (χ2v) is 4.92. The van der Waals surface area contributed by atoms with Crippen LogP contribution in [0.3, 0.4) is 0 Å². The lowest BCUT2D eigenvalue weighted by Gasteiger charge is -2.14. The zero-order valence-electron chi connectivity index (χ0n) is 11.1. The Morgan fingerprint density at radius 3 is 2.80 bits per heavy atom. The highest BCUT2D eigenvalue weighted by Crippen LogP contribution is 2.26. The molecule has 2 rings (SSSR count). The van der Waals surface area contributed by atoms with Crippen LogP contribution in [0.5, 0.6) is 0 Å². The maximum Gasteiger partial charge on any atom is 0.223 e. The molecule has 0 amide bonds. The summed E-state index contributed by atoms with van der Waals surface area (Å²) >= 11 is 5.71. The second kappa shape index (κ2) is 5.96. The number of aromatic nitrogens is 2. The summed E-state index contributed by atoms with van der Waals surface area (Å²) in [6, 6.07) is 5.39. The minimum atomic E-state index is -0.535. The molecule has 1 heterocycles. The van der Waals surface area contributed by atoms with E-state index in [0.717, 1.165) is 17.4 Å². The van der Waals surface area contributed by atoms with Gasteiger partial charge >= 0.3 is 0 Å². The Morgan fingerprint density at radius 1 is 1.40 bits per heavy atom. The van der Waals surface area contributed by atoms with E-state index in [2.05, 4.69) is 15.3 Å². The smallest absolute Gasteiger partial charge is 0.223 e. The first-order chi connectivity index (χ1) is 9.51. The third kappa shape index (κ3) is 3.11. The molecule has 2 N–H and O–H groups in total. The molecule has 1 aromatic heterocycles. The fraction of sp³-hybridized carbons (Fsp3) is 0.214. The normalized spacial score (nSPS) is 10.7. The highest BCUT2D eigenvalue weighted by molar-refractivity contribution is 6.28. The highest BCUT2D eigenvalue weighted by Gasteiger charge is 2.11. The fourth-order valence-electron chi connectivity index (χ4n) is 1.81. The Morgan fingerprint density at radius 2 is 2.15 bits per heavy atom. The molecular formula is C14H14ClFN4. The molecule has 0 atom stereocenters. The third-order valence-corrected chi connectivity index (χ3v) is 2.82. The number of hydrogen-bond donors (Lipinski definition) is 2. The van der Waals surface area contributed by atoms with Crippen molar-refractivity contribution in [3.05, 3.63) is 41.1 Å². The molecule has 0 saturated carbocycles. The molecule has 0 aliphatic carbocycles. The van der Waals surface area contributed by atoms with E-state index in [1.54, 1.807) is 18.2 Å². The molecule has 4 nitrogen and oxygen atoms in total. The summed E-state index contributed by atoms with van der Waals surface area (Å²) in [7, 11) is 0. The second-order valence-electron chi connectivity index (χ2n) is 4.58. The SMILES string of the molecule is CC(C)Nc1cc(-c2nc(Cl)ncc2F)ccc1C=N. The van der Waals surface area contributed by atoms with Gasteiger partial charge in [-0.25, -0.2) is 14.4 Å². The van der Waals surface area contributed by atoms with Gasteiger partial charge in [-0.3, -0.25) is 0 Å². The molecule has 6 heteroatoms. The van der Waals surface area contributed by atoms with Crippen LogP contribution in [0.1, 0.15) is 19.4 Å². The van der Waals surface area contributed by atoms with Gasteiger partial charge in [-0.2, -0.15) is 0 Å². The maximum absolute atomic E-state index is 13.8. The van der Waals surface area contributed by atoms with Crippen molar-refractivity contribution < 1.29 is 4.39 Å². The van der Waals surface area contributed by atoms with E-state index in [4.69, 9.17) is 17.0 Å². The Hall–Kier alpha value is -2.01. The molecule has 0 bridgehead atoms. The van der Waals surface area contributed by atoms with Crippen molar-refractivity contribution in [2.75, 3.05) is 5.32 Å². The maximum atomic E-state index is 13.8. The molecule has 0 aliphatic rings. The predicted octanol–water partition coefficient (Wildman–Crippen LogP) is 3.75. The van der Waals surface area contributed by atoms with E-state index in [1.807, 2.05) is 13.8 Å². The fourth-order valence-corrected chi connectivity index (χ4v) is 1.95. The summed E-state index contributed by atoms with van der Waals surface area (Å²) in [6.45, 7) is 3.98. The minimum Gasteiger partial charge on any atom is -0.382 e. The van der Waals surface area contributed by atoms with Gasteiger partial charge in [0, 0.05) is 29.1 Å². The lowest BCUT2D eigenvalue weighted by Crippen LogP contribution is -2.11. The zero-order valence-corrected chi connectivity index (χ0v) is 11.9. The van der Waals surface area contributed by atoms with E-state index in [1.165, 1.54) is 6.21 Å². The van der Waals surface area contributed by atoms with Gasteiger partial charge < -0.3 is 10.7 Å². The van der Waals surface area contributed by atoms with Gasteiger partial charge in [0.25, 0.3) is 0 Å². The van der Waals surface area contributed by atoms with Crippen LogP contribution in [0, 0.1) is 11.2 Å². The lowest BCUT2D eigenvalue weighted by molar-refractivity contribution is 0.618. The van der Waals surface area contributed by atoms with Crippen molar-refractivity contribution >= 4 is 23.5 Å². The molecule has 0 saturated heterocycles.